The Bertz CT molecular complexity index is 443. The first-order valence-electron chi connectivity index (χ1n) is 5.33. The second-order valence-electron chi connectivity index (χ2n) is 3.72. The summed E-state index contributed by atoms with van der Waals surface area (Å²) in [6, 6.07) is 2.72. The summed E-state index contributed by atoms with van der Waals surface area (Å²) in [5.74, 6) is 0.486. The molecule has 2 rings (SSSR count). The molecule has 1 aliphatic rings. The quantitative estimate of drug-likeness (QED) is 0.790. The molecule has 90 valence electrons. The Morgan fingerprint density at radius 2 is 2.24 bits per heavy atom. The third kappa shape index (κ3) is 2.94. The van der Waals surface area contributed by atoms with Crippen LogP contribution in [0.5, 0.6) is 6.01 Å². The van der Waals surface area contributed by atoms with Crippen molar-refractivity contribution >= 4 is 17.5 Å². The molecule has 1 fully saturated rings. The van der Waals surface area contributed by atoms with Gasteiger partial charge < -0.3 is 9.64 Å². The summed E-state index contributed by atoms with van der Waals surface area (Å²) < 4.78 is 4.95. The van der Waals surface area contributed by atoms with Gasteiger partial charge in [0.1, 0.15) is 0 Å². The van der Waals surface area contributed by atoms with E-state index in [1.807, 2.05) is 4.90 Å². The molecule has 0 N–H and O–H groups in total. The third-order valence-corrected chi connectivity index (χ3v) is 2.64. The molecule has 0 unspecified atom stereocenters. The van der Waals surface area contributed by atoms with E-state index in [0.29, 0.717) is 25.0 Å². The van der Waals surface area contributed by atoms with Crippen molar-refractivity contribution < 1.29 is 4.74 Å². The number of aromatic nitrogens is 3. The summed E-state index contributed by atoms with van der Waals surface area (Å²) >= 11 is 5.80. The second-order valence-corrected chi connectivity index (χ2v) is 4.06. The van der Waals surface area contributed by atoms with Gasteiger partial charge in [-0.05, 0) is 24.4 Å². The van der Waals surface area contributed by atoms with Crippen molar-refractivity contribution in [3.05, 3.63) is 5.28 Å². The van der Waals surface area contributed by atoms with Crippen LogP contribution in [-0.4, -0.2) is 34.6 Å². The van der Waals surface area contributed by atoms with E-state index >= 15 is 0 Å². The maximum Gasteiger partial charge on any atom is 0.322 e. The second kappa shape index (κ2) is 5.15. The average molecular weight is 254 g/mol. The topological polar surface area (TPSA) is 74.9 Å². The third-order valence-electron chi connectivity index (χ3n) is 2.47. The van der Waals surface area contributed by atoms with Crippen molar-refractivity contribution in [2.75, 3.05) is 18.6 Å². The van der Waals surface area contributed by atoms with Crippen LogP contribution in [0.25, 0.3) is 0 Å². The van der Waals surface area contributed by atoms with Crippen LogP contribution in [0.4, 0.5) is 5.95 Å². The molecule has 0 spiro atoms. The molecule has 0 bridgehead atoms. The summed E-state index contributed by atoms with van der Waals surface area (Å²) in [6.07, 6.45) is 2.62. The van der Waals surface area contributed by atoms with E-state index in [1.54, 1.807) is 0 Å². The monoisotopic (exact) mass is 253 g/mol. The van der Waals surface area contributed by atoms with E-state index in [2.05, 4.69) is 21.0 Å². The first-order chi connectivity index (χ1) is 8.24. The predicted molar refractivity (Wildman–Crippen MR) is 62.0 cm³/mol. The van der Waals surface area contributed by atoms with Crippen molar-refractivity contribution in [2.45, 2.75) is 25.3 Å². The lowest BCUT2D eigenvalue weighted by atomic mass is 10.4. The Morgan fingerprint density at radius 1 is 1.47 bits per heavy atom. The van der Waals surface area contributed by atoms with E-state index in [0.717, 1.165) is 12.8 Å². The van der Waals surface area contributed by atoms with Gasteiger partial charge in [-0.2, -0.15) is 20.2 Å². The van der Waals surface area contributed by atoms with Crippen molar-refractivity contribution in [3.8, 4) is 12.1 Å². The van der Waals surface area contributed by atoms with Gasteiger partial charge in [-0.3, -0.25) is 0 Å². The van der Waals surface area contributed by atoms with Crippen molar-refractivity contribution in [3.63, 3.8) is 0 Å². The number of anilines is 1. The summed E-state index contributed by atoms with van der Waals surface area (Å²) in [5, 5.41) is 8.74. The number of methoxy groups -OCH3 is 1. The number of hydrogen-bond acceptors (Lipinski definition) is 6. The number of halogens is 1. The van der Waals surface area contributed by atoms with Gasteiger partial charge in [0.05, 0.1) is 19.6 Å². The number of nitriles is 1. The smallest absolute Gasteiger partial charge is 0.322 e. The number of nitrogens with zero attached hydrogens (tertiary/aromatic N) is 5. The Morgan fingerprint density at radius 3 is 2.82 bits per heavy atom. The largest absolute Gasteiger partial charge is 0.467 e. The molecule has 0 atom stereocenters. The molecule has 0 amide bonds. The van der Waals surface area contributed by atoms with E-state index in [1.165, 1.54) is 7.11 Å². The molecule has 1 saturated carbocycles. The minimum absolute atomic E-state index is 0.106. The zero-order chi connectivity index (χ0) is 12.3. The van der Waals surface area contributed by atoms with Crippen molar-refractivity contribution in [1.29, 1.82) is 5.26 Å². The summed E-state index contributed by atoms with van der Waals surface area (Å²) in [4.78, 5) is 14.0. The molecular formula is C10H12ClN5O. The number of hydrogen-bond donors (Lipinski definition) is 0. The summed E-state index contributed by atoms with van der Waals surface area (Å²) in [7, 11) is 1.48. The van der Waals surface area contributed by atoms with Crippen LogP contribution in [0.1, 0.15) is 19.3 Å². The highest BCUT2D eigenvalue weighted by molar-refractivity contribution is 6.28. The van der Waals surface area contributed by atoms with Crippen LogP contribution in [0, 0.1) is 11.3 Å². The zero-order valence-corrected chi connectivity index (χ0v) is 10.2. The van der Waals surface area contributed by atoms with Crippen LogP contribution in [-0.2, 0) is 0 Å². The highest BCUT2D eigenvalue weighted by atomic mass is 35.5. The standard InChI is InChI=1S/C10H12ClN5O/c1-17-10-14-8(11)13-9(15-10)16(6-2-5-12)7-3-4-7/h7H,2-4,6H2,1H3. The normalized spacial score (nSPS) is 14.2. The Labute approximate surface area is 104 Å². The van der Waals surface area contributed by atoms with Gasteiger partial charge >= 0.3 is 6.01 Å². The SMILES string of the molecule is COc1nc(Cl)nc(N(CCC#N)C2CC2)n1. The van der Waals surface area contributed by atoms with Crippen LogP contribution >= 0.6 is 11.6 Å². The molecule has 17 heavy (non-hydrogen) atoms. The van der Waals surface area contributed by atoms with E-state index < -0.39 is 0 Å². The minimum Gasteiger partial charge on any atom is -0.467 e. The first kappa shape index (κ1) is 11.9. The van der Waals surface area contributed by atoms with E-state index in [4.69, 9.17) is 21.6 Å². The maximum atomic E-state index is 8.64. The Kier molecular flexibility index (Phi) is 3.59. The van der Waals surface area contributed by atoms with Gasteiger partial charge in [0.2, 0.25) is 11.2 Å². The molecular weight excluding hydrogens is 242 g/mol. The van der Waals surface area contributed by atoms with Gasteiger partial charge in [-0.25, -0.2) is 0 Å². The fraction of sp³-hybridized carbons (Fsp3) is 0.600. The first-order valence-corrected chi connectivity index (χ1v) is 5.71. The average Bonchev–Trinajstić information content (AvgIpc) is 3.13. The minimum atomic E-state index is 0.106. The fourth-order valence-electron chi connectivity index (χ4n) is 1.54. The Balaban J connectivity index is 2.22. The maximum absolute atomic E-state index is 8.64. The zero-order valence-electron chi connectivity index (χ0n) is 9.43. The van der Waals surface area contributed by atoms with Gasteiger partial charge in [0, 0.05) is 12.6 Å². The fourth-order valence-corrected chi connectivity index (χ4v) is 1.69. The molecule has 6 nitrogen and oxygen atoms in total. The lowest BCUT2D eigenvalue weighted by Gasteiger charge is -2.20. The number of rotatable bonds is 5. The molecule has 1 aromatic rings. The van der Waals surface area contributed by atoms with Gasteiger partial charge in [0.25, 0.3) is 0 Å². The van der Waals surface area contributed by atoms with Crippen LogP contribution in [0.15, 0.2) is 0 Å². The van der Waals surface area contributed by atoms with Gasteiger partial charge in [-0.1, -0.05) is 0 Å². The molecule has 0 aliphatic heterocycles. The van der Waals surface area contributed by atoms with Crippen molar-refractivity contribution in [1.82, 2.24) is 15.0 Å². The molecule has 0 radical (unpaired) electrons. The highest BCUT2D eigenvalue weighted by Gasteiger charge is 2.31. The van der Waals surface area contributed by atoms with Crippen LogP contribution in [0.3, 0.4) is 0 Å². The predicted octanol–water partition coefficient (Wildman–Crippen LogP) is 1.42. The lowest BCUT2D eigenvalue weighted by Crippen LogP contribution is -2.28. The van der Waals surface area contributed by atoms with Gasteiger partial charge in [-0.15, -0.1) is 0 Å². The molecule has 1 heterocycles. The molecule has 7 heteroatoms. The molecule has 1 aromatic heterocycles. The van der Waals surface area contributed by atoms with Crippen LogP contribution < -0.4 is 9.64 Å². The van der Waals surface area contributed by atoms with Gasteiger partial charge in [0.15, 0.2) is 0 Å². The lowest BCUT2D eigenvalue weighted by molar-refractivity contribution is 0.378. The summed E-state index contributed by atoms with van der Waals surface area (Å²) in [5.41, 5.74) is 0. The molecule has 1 aliphatic carbocycles. The molecule has 0 aromatic carbocycles. The van der Waals surface area contributed by atoms with E-state index in [9.17, 15) is 0 Å². The number of ether oxygens (including phenoxy) is 1. The Hall–Kier alpha value is -1.61. The van der Waals surface area contributed by atoms with Crippen LogP contribution in [0.2, 0.25) is 5.28 Å². The highest BCUT2D eigenvalue weighted by Crippen LogP contribution is 2.30. The van der Waals surface area contributed by atoms with Crippen molar-refractivity contribution in [2.24, 2.45) is 0 Å². The van der Waals surface area contributed by atoms with E-state index in [-0.39, 0.29) is 11.3 Å². The summed E-state index contributed by atoms with van der Waals surface area (Å²) in [6.45, 7) is 0.602. The molecule has 0 saturated heterocycles.